The van der Waals surface area contributed by atoms with Gasteiger partial charge in [-0.3, -0.25) is 4.98 Å². The van der Waals surface area contributed by atoms with Crippen LogP contribution in [0.1, 0.15) is 28.9 Å². The van der Waals surface area contributed by atoms with E-state index < -0.39 is 12.1 Å². The van der Waals surface area contributed by atoms with E-state index in [0.717, 1.165) is 5.39 Å². The Morgan fingerprint density at radius 3 is 2.70 bits per heavy atom. The van der Waals surface area contributed by atoms with E-state index >= 15 is 0 Å². The SMILES string of the molecule is C[C@H](OC(=O)c1ccc2ccccc2c1O)c1ccncc1O. The number of rotatable bonds is 3. The van der Waals surface area contributed by atoms with Crippen molar-refractivity contribution in [3.05, 3.63) is 66.0 Å². The van der Waals surface area contributed by atoms with E-state index in [0.29, 0.717) is 10.9 Å². The summed E-state index contributed by atoms with van der Waals surface area (Å²) < 4.78 is 5.35. The smallest absolute Gasteiger partial charge is 0.342 e. The quantitative estimate of drug-likeness (QED) is 0.723. The second-order valence-corrected chi connectivity index (χ2v) is 5.16. The number of pyridine rings is 1. The van der Waals surface area contributed by atoms with E-state index in [4.69, 9.17) is 4.74 Å². The van der Waals surface area contributed by atoms with Crippen LogP contribution in [0, 0.1) is 0 Å². The van der Waals surface area contributed by atoms with Gasteiger partial charge in [0, 0.05) is 17.1 Å². The molecule has 0 spiro atoms. The zero-order chi connectivity index (χ0) is 16.4. The van der Waals surface area contributed by atoms with Crippen molar-refractivity contribution < 1.29 is 19.7 Å². The maximum absolute atomic E-state index is 12.3. The Bertz CT molecular complexity index is 876. The maximum atomic E-state index is 12.3. The van der Waals surface area contributed by atoms with Crippen LogP contribution in [0.2, 0.25) is 0 Å². The molecule has 0 saturated heterocycles. The molecule has 3 rings (SSSR count). The lowest BCUT2D eigenvalue weighted by Gasteiger charge is -2.15. The second-order valence-electron chi connectivity index (χ2n) is 5.16. The van der Waals surface area contributed by atoms with Crippen LogP contribution in [0.4, 0.5) is 0 Å². The molecule has 3 aromatic rings. The van der Waals surface area contributed by atoms with E-state index in [9.17, 15) is 15.0 Å². The van der Waals surface area contributed by atoms with Gasteiger partial charge in [0.05, 0.1) is 6.20 Å². The Balaban J connectivity index is 1.89. The monoisotopic (exact) mass is 309 g/mol. The summed E-state index contributed by atoms with van der Waals surface area (Å²) in [7, 11) is 0. The Morgan fingerprint density at radius 2 is 1.91 bits per heavy atom. The third kappa shape index (κ3) is 2.81. The van der Waals surface area contributed by atoms with E-state index in [-0.39, 0.29) is 17.1 Å². The molecule has 0 bridgehead atoms. The van der Waals surface area contributed by atoms with Gasteiger partial charge in [-0.25, -0.2) is 4.79 Å². The average molecular weight is 309 g/mol. The van der Waals surface area contributed by atoms with Crippen LogP contribution in [-0.4, -0.2) is 21.2 Å². The van der Waals surface area contributed by atoms with Gasteiger partial charge in [0.1, 0.15) is 23.2 Å². The highest BCUT2D eigenvalue weighted by Gasteiger charge is 2.20. The number of phenolic OH excluding ortho intramolecular Hbond substituents is 1. The van der Waals surface area contributed by atoms with Gasteiger partial charge in [-0.05, 0) is 24.4 Å². The summed E-state index contributed by atoms with van der Waals surface area (Å²) in [5, 5.41) is 21.5. The van der Waals surface area contributed by atoms with E-state index in [1.807, 2.05) is 12.1 Å². The first-order chi connectivity index (χ1) is 11.1. The molecule has 1 aromatic heterocycles. The zero-order valence-corrected chi connectivity index (χ0v) is 12.4. The number of carbonyl (C=O) groups excluding carboxylic acids is 1. The van der Waals surface area contributed by atoms with Crippen LogP contribution >= 0.6 is 0 Å². The molecule has 116 valence electrons. The number of phenols is 1. The van der Waals surface area contributed by atoms with E-state index in [1.165, 1.54) is 18.5 Å². The normalized spacial score (nSPS) is 12.0. The third-order valence-electron chi connectivity index (χ3n) is 3.68. The highest BCUT2D eigenvalue weighted by Crippen LogP contribution is 2.31. The largest absolute Gasteiger partial charge is 0.506 e. The van der Waals surface area contributed by atoms with Crippen molar-refractivity contribution >= 4 is 16.7 Å². The number of fused-ring (bicyclic) bond motifs is 1. The van der Waals surface area contributed by atoms with Crippen molar-refractivity contribution in [2.24, 2.45) is 0 Å². The summed E-state index contributed by atoms with van der Waals surface area (Å²) in [5.41, 5.74) is 0.540. The summed E-state index contributed by atoms with van der Waals surface area (Å²) in [6.07, 6.45) is 2.12. The molecule has 0 amide bonds. The summed E-state index contributed by atoms with van der Waals surface area (Å²) in [6, 6.07) is 12.1. The lowest BCUT2D eigenvalue weighted by atomic mass is 10.1. The first-order valence-electron chi connectivity index (χ1n) is 7.12. The maximum Gasteiger partial charge on any atom is 0.342 e. The molecule has 0 unspecified atom stereocenters. The number of aromatic hydroxyl groups is 2. The number of aromatic nitrogens is 1. The number of hydrogen-bond acceptors (Lipinski definition) is 5. The summed E-state index contributed by atoms with van der Waals surface area (Å²) in [6.45, 7) is 1.64. The summed E-state index contributed by atoms with van der Waals surface area (Å²) in [4.78, 5) is 16.1. The number of nitrogens with zero attached hydrogens (tertiary/aromatic N) is 1. The lowest BCUT2D eigenvalue weighted by Crippen LogP contribution is -2.10. The van der Waals surface area contributed by atoms with Crippen molar-refractivity contribution in [2.75, 3.05) is 0 Å². The number of carbonyl (C=O) groups is 1. The minimum absolute atomic E-state index is 0.0458. The minimum atomic E-state index is -0.670. The predicted octanol–water partition coefficient (Wildman–Crippen LogP) is 3.56. The van der Waals surface area contributed by atoms with Crippen molar-refractivity contribution in [1.82, 2.24) is 4.98 Å². The topological polar surface area (TPSA) is 79.7 Å². The van der Waals surface area contributed by atoms with Crippen LogP contribution in [-0.2, 0) is 4.74 Å². The third-order valence-corrected chi connectivity index (χ3v) is 3.68. The van der Waals surface area contributed by atoms with Gasteiger partial charge in [-0.15, -0.1) is 0 Å². The van der Waals surface area contributed by atoms with Crippen molar-refractivity contribution in [3.63, 3.8) is 0 Å². The van der Waals surface area contributed by atoms with Crippen LogP contribution in [0.15, 0.2) is 54.9 Å². The van der Waals surface area contributed by atoms with Gasteiger partial charge >= 0.3 is 5.97 Å². The molecule has 2 aromatic carbocycles. The van der Waals surface area contributed by atoms with Gasteiger partial charge in [0.15, 0.2) is 0 Å². The first-order valence-corrected chi connectivity index (χ1v) is 7.12. The molecule has 0 aliphatic carbocycles. The Morgan fingerprint density at radius 1 is 1.13 bits per heavy atom. The van der Waals surface area contributed by atoms with Crippen molar-refractivity contribution in [1.29, 1.82) is 0 Å². The molecule has 0 aliphatic rings. The molecular weight excluding hydrogens is 294 g/mol. The molecule has 23 heavy (non-hydrogen) atoms. The van der Waals surface area contributed by atoms with Crippen LogP contribution in [0.5, 0.6) is 11.5 Å². The summed E-state index contributed by atoms with van der Waals surface area (Å²) in [5.74, 6) is -0.813. The van der Waals surface area contributed by atoms with Gasteiger partial charge in [0.25, 0.3) is 0 Å². The predicted molar refractivity (Wildman–Crippen MR) is 85.3 cm³/mol. The Labute approximate surface area is 132 Å². The van der Waals surface area contributed by atoms with Crippen LogP contribution in [0.25, 0.3) is 10.8 Å². The molecule has 0 fully saturated rings. The van der Waals surface area contributed by atoms with Gasteiger partial charge in [-0.1, -0.05) is 30.3 Å². The van der Waals surface area contributed by atoms with E-state index in [1.54, 1.807) is 31.2 Å². The first kappa shape index (κ1) is 14.8. The highest BCUT2D eigenvalue weighted by molar-refractivity contribution is 6.01. The molecule has 5 heteroatoms. The van der Waals surface area contributed by atoms with Crippen LogP contribution < -0.4 is 0 Å². The van der Waals surface area contributed by atoms with Crippen molar-refractivity contribution in [3.8, 4) is 11.5 Å². The minimum Gasteiger partial charge on any atom is -0.506 e. The number of hydrogen-bond donors (Lipinski definition) is 2. The van der Waals surface area contributed by atoms with Gasteiger partial charge < -0.3 is 14.9 Å². The fourth-order valence-electron chi connectivity index (χ4n) is 2.45. The van der Waals surface area contributed by atoms with Crippen LogP contribution in [0.3, 0.4) is 0 Å². The second kappa shape index (κ2) is 5.96. The lowest BCUT2D eigenvalue weighted by molar-refractivity contribution is 0.0331. The van der Waals surface area contributed by atoms with Gasteiger partial charge in [-0.2, -0.15) is 0 Å². The number of ether oxygens (including phenoxy) is 1. The molecule has 1 heterocycles. The Kier molecular flexibility index (Phi) is 3.85. The molecule has 0 saturated carbocycles. The molecule has 1 atom stereocenters. The zero-order valence-electron chi connectivity index (χ0n) is 12.4. The van der Waals surface area contributed by atoms with E-state index in [2.05, 4.69) is 4.98 Å². The standard InChI is InChI=1S/C18H15NO4/c1-11(13-8-9-19-10-16(13)20)23-18(22)15-7-6-12-4-2-3-5-14(12)17(15)21/h2-11,20-21H,1H3/t11-/m0/s1. The van der Waals surface area contributed by atoms with Gasteiger partial charge in [0.2, 0.25) is 0 Å². The fraction of sp³-hybridized carbons (Fsp3) is 0.111. The molecule has 0 aliphatic heterocycles. The fourth-order valence-corrected chi connectivity index (χ4v) is 2.45. The average Bonchev–Trinajstić information content (AvgIpc) is 2.55. The Hall–Kier alpha value is -3.08. The molecular formula is C18H15NO4. The number of benzene rings is 2. The molecule has 2 N–H and O–H groups in total. The highest BCUT2D eigenvalue weighted by atomic mass is 16.5. The molecule has 5 nitrogen and oxygen atoms in total. The molecule has 0 radical (unpaired) electrons. The van der Waals surface area contributed by atoms with Crippen molar-refractivity contribution in [2.45, 2.75) is 13.0 Å². The summed E-state index contributed by atoms with van der Waals surface area (Å²) >= 11 is 0. The number of esters is 1.